The van der Waals surface area contributed by atoms with Gasteiger partial charge in [0.15, 0.2) is 0 Å². The van der Waals surface area contributed by atoms with Crippen molar-refractivity contribution in [3.8, 4) is 0 Å². The van der Waals surface area contributed by atoms with Crippen molar-refractivity contribution in [1.82, 2.24) is 20.2 Å². The van der Waals surface area contributed by atoms with E-state index in [1.807, 2.05) is 28.9 Å². The smallest absolute Gasteiger partial charge is 0.210 e. The van der Waals surface area contributed by atoms with E-state index in [0.717, 1.165) is 28.6 Å². The number of rotatable bonds is 5. The van der Waals surface area contributed by atoms with Gasteiger partial charge >= 0.3 is 0 Å². The van der Waals surface area contributed by atoms with Gasteiger partial charge in [0.1, 0.15) is 0 Å². The molecular weight excluding hydrogens is 306 g/mol. The maximum absolute atomic E-state index is 5.94. The normalized spacial score (nSPS) is 17.2. The van der Waals surface area contributed by atoms with Crippen LogP contribution in [0.3, 0.4) is 0 Å². The van der Waals surface area contributed by atoms with Crippen molar-refractivity contribution in [3.05, 3.63) is 34.9 Å². The van der Waals surface area contributed by atoms with E-state index in [1.165, 1.54) is 12.8 Å². The lowest BCUT2D eigenvalue weighted by atomic mass is 10.1. The Morgan fingerprint density at radius 2 is 2.00 bits per heavy atom. The second kappa shape index (κ2) is 6.77. The van der Waals surface area contributed by atoms with Gasteiger partial charge in [0, 0.05) is 16.8 Å². The Morgan fingerprint density at radius 3 is 2.67 bits per heavy atom. The second-order valence-corrected chi connectivity index (χ2v) is 6.84. The lowest BCUT2D eigenvalue weighted by Crippen LogP contribution is -2.13. The van der Waals surface area contributed by atoms with E-state index in [9.17, 15) is 0 Å². The molecule has 1 aliphatic carbocycles. The van der Waals surface area contributed by atoms with Gasteiger partial charge in [-0.3, -0.25) is 0 Å². The first kappa shape index (κ1) is 14.8. The third-order valence-corrected chi connectivity index (χ3v) is 5.32. The summed E-state index contributed by atoms with van der Waals surface area (Å²) in [5.41, 5.74) is 7.08. The fraction of sp³-hybridized carbons (Fsp3) is 0.500. The molecule has 0 saturated heterocycles. The standard InChI is InChI=1S/C14H18ClN5S/c15-11-7-5-10(6-8-11)13(9-16)21-14-17-18-19-20(14)12-3-1-2-4-12/h5-8,12-13H,1-4,9,16H2. The number of hydrogen-bond donors (Lipinski definition) is 1. The predicted octanol–water partition coefficient (Wildman–Crippen LogP) is 3.23. The van der Waals surface area contributed by atoms with Gasteiger partial charge in [-0.15, -0.1) is 5.10 Å². The molecule has 1 aromatic carbocycles. The molecule has 21 heavy (non-hydrogen) atoms. The summed E-state index contributed by atoms with van der Waals surface area (Å²) < 4.78 is 1.97. The van der Waals surface area contributed by atoms with Crippen LogP contribution in [-0.2, 0) is 0 Å². The lowest BCUT2D eigenvalue weighted by Gasteiger charge is -2.16. The fourth-order valence-electron chi connectivity index (χ4n) is 2.70. The Bertz CT molecular complexity index is 579. The van der Waals surface area contributed by atoms with Gasteiger partial charge in [0.05, 0.1) is 6.04 Å². The van der Waals surface area contributed by atoms with Crippen molar-refractivity contribution < 1.29 is 0 Å². The zero-order valence-electron chi connectivity index (χ0n) is 11.7. The molecule has 7 heteroatoms. The highest BCUT2D eigenvalue weighted by molar-refractivity contribution is 7.99. The molecule has 112 valence electrons. The average molecular weight is 324 g/mol. The van der Waals surface area contributed by atoms with Gasteiger partial charge in [0.2, 0.25) is 5.16 Å². The highest BCUT2D eigenvalue weighted by Crippen LogP contribution is 2.37. The van der Waals surface area contributed by atoms with Crippen LogP contribution in [0.15, 0.2) is 29.4 Å². The molecule has 2 N–H and O–H groups in total. The molecule has 1 fully saturated rings. The molecule has 2 aromatic rings. The Morgan fingerprint density at radius 1 is 1.29 bits per heavy atom. The fourth-order valence-corrected chi connectivity index (χ4v) is 3.85. The third kappa shape index (κ3) is 3.39. The van der Waals surface area contributed by atoms with Crippen LogP contribution in [0.2, 0.25) is 5.02 Å². The number of nitrogens with zero attached hydrogens (tertiary/aromatic N) is 4. The predicted molar refractivity (Wildman–Crippen MR) is 84.4 cm³/mol. The molecular formula is C14H18ClN5S. The van der Waals surface area contributed by atoms with Crippen LogP contribution in [0.1, 0.15) is 42.5 Å². The first-order chi connectivity index (χ1) is 10.3. The maximum atomic E-state index is 5.94. The van der Waals surface area contributed by atoms with Crippen LogP contribution >= 0.6 is 23.4 Å². The third-order valence-electron chi connectivity index (χ3n) is 3.84. The van der Waals surface area contributed by atoms with Gasteiger partial charge in [-0.25, -0.2) is 4.68 Å². The summed E-state index contributed by atoms with van der Waals surface area (Å²) in [7, 11) is 0. The van der Waals surface area contributed by atoms with Crippen LogP contribution in [0.5, 0.6) is 0 Å². The number of halogens is 1. The highest BCUT2D eigenvalue weighted by Gasteiger charge is 2.23. The molecule has 0 spiro atoms. The molecule has 5 nitrogen and oxygen atoms in total. The zero-order valence-corrected chi connectivity index (χ0v) is 13.2. The van der Waals surface area contributed by atoms with Crippen molar-refractivity contribution in [3.63, 3.8) is 0 Å². The molecule has 3 rings (SSSR count). The van der Waals surface area contributed by atoms with Gasteiger partial charge in [-0.05, 0) is 41.0 Å². The molecule has 1 heterocycles. The number of thioether (sulfide) groups is 1. The maximum Gasteiger partial charge on any atom is 0.210 e. The Labute approximate surface area is 133 Å². The topological polar surface area (TPSA) is 69.6 Å². The largest absolute Gasteiger partial charge is 0.329 e. The minimum atomic E-state index is 0.133. The first-order valence-corrected chi connectivity index (χ1v) is 8.43. The lowest BCUT2D eigenvalue weighted by molar-refractivity contribution is 0.422. The Balaban J connectivity index is 1.78. The molecule has 0 aliphatic heterocycles. The van der Waals surface area contributed by atoms with Crippen LogP contribution in [0.4, 0.5) is 0 Å². The number of nitrogens with two attached hydrogens (primary N) is 1. The summed E-state index contributed by atoms with van der Waals surface area (Å²) in [4.78, 5) is 0. The zero-order chi connectivity index (χ0) is 14.7. The van der Waals surface area contributed by atoms with Crippen LogP contribution in [0, 0.1) is 0 Å². The van der Waals surface area contributed by atoms with E-state index < -0.39 is 0 Å². The number of tetrazole rings is 1. The summed E-state index contributed by atoms with van der Waals surface area (Å²) in [6.07, 6.45) is 4.83. The molecule has 0 radical (unpaired) electrons. The SMILES string of the molecule is NCC(Sc1nnnn1C1CCCC1)c1ccc(Cl)cc1. The monoisotopic (exact) mass is 323 g/mol. The summed E-state index contributed by atoms with van der Waals surface area (Å²) >= 11 is 7.57. The average Bonchev–Trinajstić information content (AvgIpc) is 3.16. The van der Waals surface area contributed by atoms with Crippen LogP contribution in [0.25, 0.3) is 0 Å². The molecule has 1 aromatic heterocycles. The van der Waals surface area contributed by atoms with Crippen LogP contribution in [-0.4, -0.2) is 26.8 Å². The van der Waals surface area contributed by atoms with E-state index in [1.54, 1.807) is 11.8 Å². The van der Waals surface area contributed by atoms with E-state index in [-0.39, 0.29) is 5.25 Å². The van der Waals surface area contributed by atoms with Gasteiger partial charge in [-0.2, -0.15) is 0 Å². The van der Waals surface area contributed by atoms with E-state index in [0.29, 0.717) is 12.6 Å². The number of benzene rings is 1. The van der Waals surface area contributed by atoms with E-state index in [4.69, 9.17) is 17.3 Å². The summed E-state index contributed by atoms with van der Waals surface area (Å²) in [6.45, 7) is 0.532. The van der Waals surface area contributed by atoms with Crippen molar-refractivity contribution in [2.75, 3.05) is 6.54 Å². The minimum Gasteiger partial charge on any atom is -0.329 e. The van der Waals surface area contributed by atoms with Gasteiger partial charge in [0.25, 0.3) is 0 Å². The summed E-state index contributed by atoms with van der Waals surface area (Å²) in [5.74, 6) is 0. The van der Waals surface area contributed by atoms with Gasteiger partial charge in [-0.1, -0.05) is 48.3 Å². The Kier molecular flexibility index (Phi) is 4.77. The van der Waals surface area contributed by atoms with Crippen molar-refractivity contribution in [1.29, 1.82) is 0 Å². The molecule has 1 unspecified atom stereocenters. The van der Waals surface area contributed by atoms with Crippen molar-refractivity contribution in [2.45, 2.75) is 42.1 Å². The summed E-state index contributed by atoms with van der Waals surface area (Å²) in [6, 6.07) is 8.24. The molecule has 1 saturated carbocycles. The van der Waals surface area contributed by atoms with Gasteiger partial charge < -0.3 is 5.73 Å². The Hall–Kier alpha value is -1.11. The highest BCUT2D eigenvalue weighted by atomic mass is 35.5. The molecule has 1 atom stereocenters. The summed E-state index contributed by atoms with van der Waals surface area (Å²) in [5, 5.41) is 13.9. The molecule has 0 bridgehead atoms. The molecule has 1 aliphatic rings. The minimum absolute atomic E-state index is 0.133. The van der Waals surface area contributed by atoms with Crippen molar-refractivity contribution >= 4 is 23.4 Å². The first-order valence-electron chi connectivity index (χ1n) is 7.18. The quantitative estimate of drug-likeness (QED) is 0.855. The van der Waals surface area contributed by atoms with Crippen LogP contribution < -0.4 is 5.73 Å². The number of hydrogen-bond acceptors (Lipinski definition) is 5. The van der Waals surface area contributed by atoms with E-state index in [2.05, 4.69) is 15.5 Å². The molecule has 0 amide bonds. The van der Waals surface area contributed by atoms with Crippen molar-refractivity contribution in [2.24, 2.45) is 5.73 Å². The second-order valence-electron chi connectivity index (χ2n) is 5.24. The number of aromatic nitrogens is 4. The van der Waals surface area contributed by atoms with E-state index >= 15 is 0 Å².